The number of nitrogens with zero attached hydrogens (tertiary/aromatic N) is 2. The molecule has 0 radical (unpaired) electrons. The highest BCUT2D eigenvalue weighted by molar-refractivity contribution is 6.33. The van der Waals surface area contributed by atoms with Crippen LogP contribution in [0.25, 0.3) is 0 Å². The van der Waals surface area contributed by atoms with E-state index in [1.165, 1.54) is 10.9 Å². The maximum atomic E-state index is 10.7. The van der Waals surface area contributed by atoms with E-state index in [1.54, 1.807) is 24.3 Å². The predicted molar refractivity (Wildman–Crippen MR) is 66.3 cm³/mol. The maximum absolute atomic E-state index is 10.7. The zero-order valence-electron chi connectivity index (χ0n) is 9.01. The number of rotatable bonds is 4. The molecule has 1 heterocycles. The van der Waals surface area contributed by atoms with Crippen molar-refractivity contribution >= 4 is 29.2 Å². The van der Waals surface area contributed by atoms with Crippen LogP contribution in [-0.2, 0) is 6.73 Å². The Kier molecular flexibility index (Phi) is 3.74. The van der Waals surface area contributed by atoms with Crippen molar-refractivity contribution in [3.8, 4) is 5.75 Å². The van der Waals surface area contributed by atoms with Gasteiger partial charge in [-0.15, -0.1) is 0 Å². The smallest absolute Gasteiger partial charge is 0.357 e. The molecule has 5 nitrogen and oxygen atoms in total. The zero-order valence-corrected chi connectivity index (χ0v) is 10.5. The fourth-order valence-corrected chi connectivity index (χ4v) is 1.73. The Morgan fingerprint density at radius 1 is 1.33 bits per heavy atom. The van der Waals surface area contributed by atoms with Crippen molar-refractivity contribution in [3.05, 3.63) is 46.2 Å². The number of hydrogen-bond donors (Lipinski definition) is 1. The van der Waals surface area contributed by atoms with Crippen LogP contribution < -0.4 is 4.74 Å². The number of hydrogen-bond acceptors (Lipinski definition) is 3. The molecule has 1 aromatic carbocycles. The molecule has 7 heteroatoms. The van der Waals surface area contributed by atoms with Crippen molar-refractivity contribution in [2.45, 2.75) is 6.73 Å². The molecule has 0 aliphatic heterocycles. The molecule has 0 saturated carbocycles. The van der Waals surface area contributed by atoms with E-state index in [4.69, 9.17) is 33.0 Å². The largest absolute Gasteiger partial charge is 0.476 e. The molecule has 1 N–H and O–H groups in total. The standard InChI is InChI=1S/C11H8Cl2N2O3/c12-7-3-1-2-4-9(7)18-6-15-5-8(13)10(14-15)11(16)17/h1-5H,6H2,(H,16,17). The second-order valence-corrected chi connectivity index (χ2v) is 4.19. The summed E-state index contributed by atoms with van der Waals surface area (Å²) in [6.07, 6.45) is 1.38. The molecule has 18 heavy (non-hydrogen) atoms. The fourth-order valence-electron chi connectivity index (χ4n) is 1.31. The molecule has 0 fully saturated rings. The van der Waals surface area contributed by atoms with Gasteiger partial charge < -0.3 is 9.84 Å². The lowest BCUT2D eigenvalue weighted by atomic mass is 10.3. The van der Waals surface area contributed by atoms with Crippen molar-refractivity contribution < 1.29 is 14.6 Å². The first-order chi connectivity index (χ1) is 8.58. The topological polar surface area (TPSA) is 64.3 Å². The number of carbonyl (C=O) groups is 1. The van der Waals surface area contributed by atoms with Crippen LogP contribution in [0.2, 0.25) is 10.0 Å². The van der Waals surface area contributed by atoms with E-state index in [0.29, 0.717) is 10.8 Å². The molecule has 0 bridgehead atoms. The Morgan fingerprint density at radius 3 is 2.67 bits per heavy atom. The Labute approximate surface area is 113 Å². The highest BCUT2D eigenvalue weighted by Crippen LogP contribution is 2.23. The van der Waals surface area contributed by atoms with Crippen molar-refractivity contribution in [1.29, 1.82) is 0 Å². The van der Waals surface area contributed by atoms with Gasteiger partial charge in [0.1, 0.15) is 5.75 Å². The molecule has 0 spiro atoms. The molecule has 2 aromatic rings. The average molecular weight is 287 g/mol. The lowest BCUT2D eigenvalue weighted by Gasteiger charge is -2.07. The van der Waals surface area contributed by atoms with E-state index in [0.717, 1.165) is 0 Å². The minimum absolute atomic E-state index is 0.0245. The van der Waals surface area contributed by atoms with Crippen molar-refractivity contribution in [2.75, 3.05) is 0 Å². The van der Waals surface area contributed by atoms with Gasteiger partial charge in [-0.25, -0.2) is 9.48 Å². The number of aromatic nitrogens is 2. The lowest BCUT2D eigenvalue weighted by Crippen LogP contribution is -2.07. The first-order valence-electron chi connectivity index (χ1n) is 4.91. The number of ether oxygens (including phenoxy) is 1. The second-order valence-electron chi connectivity index (χ2n) is 3.37. The van der Waals surface area contributed by atoms with Gasteiger partial charge in [0.05, 0.1) is 10.0 Å². The Morgan fingerprint density at radius 2 is 2.06 bits per heavy atom. The third-order valence-corrected chi connectivity index (χ3v) is 2.70. The molecular weight excluding hydrogens is 279 g/mol. The minimum atomic E-state index is -1.18. The summed E-state index contributed by atoms with van der Waals surface area (Å²) < 4.78 is 6.67. The summed E-state index contributed by atoms with van der Waals surface area (Å²) in [4.78, 5) is 10.7. The highest BCUT2D eigenvalue weighted by Gasteiger charge is 2.14. The first-order valence-corrected chi connectivity index (χ1v) is 5.67. The van der Waals surface area contributed by atoms with E-state index in [1.807, 2.05) is 0 Å². The van der Waals surface area contributed by atoms with Gasteiger partial charge in [0.2, 0.25) is 0 Å². The summed E-state index contributed by atoms with van der Waals surface area (Å²) in [5, 5.41) is 13.1. The predicted octanol–water partition coefficient (Wildman–Crippen LogP) is 2.92. The molecule has 2 rings (SSSR count). The molecule has 0 unspecified atom stereocenters. The van der Waals surface area contributed by atoms with E-state index >= 15 is 0 Å². The average Bonchev–Trinajstić information content (AvgIpc) is 2.70. The van der Waals surface area contributed by atoms with Crippen LogP contribution in [0.1, 0.15) is 10.5 Å². The molecule has 0 amide bonds. The Bertz CT molecular complexity index is 583. The van der Waals surface area contributed by atoms with E-state index in [-0.39, 0.29) is 17.4 Å². The van der Waals surface area contributed by atoms with Crippen LogP contribution >= 0.6 is 23.2 Å². The molecule has 0 saturated heterocycles. The SMILES string of the molecule is O=C(O)c1nn(COc2ccccc2Cl)cc1Cl. The van der Waals surface area contributed by atoms with Crippen LogP contribution in [0.3, 0.4) is 0 Å². The van der Waals surface area contributed by atoms with Crippen molar-refractivity contribution in [3.63, 3.8) is 0 Å². The summed E-state index contributed by atoms with van der Waals surface area (Å²) in [7, 11) is 0. The second kappa shape index (κ2) is 5.29. The summed E-state index contributed by atoms with van der Waals surface area (Å²) in [6.45, 7) is 0.0245. The van der Waals surface area contributed by atoms with E-state index < -0.39 is 5.97 Å². The van der Waals surface area contributed by atoms with Gasteiger partial charge in [-0.1, -0.05) is 35.3 Å². The lowest BCUT2D eigenvalue weighted by molar-refractivity contribution is 0.0688. The van der Waals surface area contributed by atoms with Gasteiger partial charge in [-0.2, -0.15) is 5.10 Å². The van der Waals surface area contributed by atoms with E-state index in [2.05, 4.69) is 5.10 Å². The van der Waals surface area contributed by atoms with Gasteiger partial charge in [0.15, 0.2) is 12.4 Å². The van der Waals surface area contributed by atoms with Crippen molar-refractivity contribution in [1.82, 2.24) is 9.78 Å². The van der Waals surface area contributed by atoms with Crippen LogP contribution in [0.15, 0.2) is 30.5 Å². The summed E-state index contributed by atoms with van der Waals surface area (Å²) in [5.74, 6) is -0.695. The minimum Gasteiger partial charge on any atom is -0.476 e. The zero-order chi connectivity index (χ0) is 13.1. The number of halogens is 2. The van der Waals surface area contributed by atoms with Crippen LogP contribution in [-0.4, -0.2) is 20.9 Å². The van der Waals surface area contributed by atoms with Gasteiger partial charge in [-0.3, -0.25) is 0 Å². The van der Waals surface area contributed by atoms with Gasteiger partial charge in [0, 0.05) is 6.20 Å². The van der Waals surface area contributed by atoms with Crippen LogP contribution in [0.5, 0.6) is 5.75 Å². The monoisotopic (exact) mass is 286 g/mol. The van der Waals surface area contributed by atoms with Crippen LogP contribution in [0.4, 0.5) is 0 Å². The molecule has 0 aliphatic carbocycles. The normalized spacial score (nSPS) is 10.3. The van der Waals surface area contributed by atoms with Gasteiger partial charge in [0.25, 0.3) is 0 Å². The number of carboxylic acids is 1. The summed E-state index contributed by atoms with van der Waals surface area (Å²) in [5.41, 5.74) is -0.209. The summed E-state index contributed by atoms with van der Waals surface area (Å²) >= 11 is 11.6. The number of benzene rings is 1. The van der Waals surface area contributed by atoms with Gasteiger partial charge >= 0.3 is 5.97 Å². The van der Waals surface area contributed by atoms with Gasteiger partial charge in [-0.05, 0) is 12.1 Å². The van der Waals surface area contributed by atoms with E-state index in [9.17, 15) is 4.79 Å². The highest BCUT2D eigenvalue weighted by atomic mass is 35.5. The molecule has 1 aromatic heterocycles. The number of carboxylic acid groups (broad SMARTS) is 1. The third-order valence-electron chi connectivity index (χ3n) is 2.11. The fraction of sp³-hybridized carbons (Fsp3) is 0.0909. The first kappa shape index (κ1) is 12.7. The Balaban J connectivity index is 2.09. The molecule has 94 valence electrons. The Hall–Kier alpha value is -1.72. The number of aromatic carboxylic acids is 1. The number of para-hydroxylation sites is 1. The van der Waals surface area contributed by atoms with Crippen LogP contribution in [0, 0.1) is 0 Å². The third kappa shape index (κ3) is 2.75. The molecule has 0 atom stereocenters. The molecule has 0 aliphatic rings. The maximum Gasteiger partial charge on any atom is 0.357 e. The summed E-state index contributed by atoms with van der Waals surface area (Å²) in [6, 6.07) is 6.95. The molecular formula is C11H8Cl2N2O3. The quantitative estimate of drug-likeness (QED) is 0.939. The van der Waals surface area contributed by atoms with Crippen molar-refractivity contribution in [2.24, 2.45) is 0 Å².